The van der Waals surface area contributed by atoms with Gasteiger partial charge in [0.2, 0.25) is 5.72 Å². The Labute approximate surface area is 242 Å². The number of aliphatic hydroxyl groups excluding tert-OH is 1. The van der Waals surface area contributed by atoms with Crippen LogP contribution in [0.5, 0.6) is 0 Å². The van der Waals surface area contributed by atoms with Crippen molar-refractivity contribution in [1.29, 1.82) is 0 Å². The van der Waals surface area contributed by atoms with E-state index in [9.17, 15) is 27.9 Å². The molecule has 1 spiro atoms. The van der Waals surface area contributed by atoms with Crippen molar-refractivity contribution >= 4 is 17.6 Å². The first-order valence-electron chi connectivity index (χ1n) is 14.5. The highest BCUT2D eigenvalue weighted by atomic mass is 19.4. The Morgan fingerprint density at radius 2 is 1.98 bits per heavy atom. The summed E-state index contributed by atoms with van der Waals surface area (Å²) in [6, 6.07) is 7.39. The Hall–Kier alpha value is -3.37. The number of nitrogens with one attached hydrogen (secondary N) is 1. The first-order valence-corrected chi connectivity index (χ1v) is 14.5. The molecular weight excluding hydrogens is 549 g/mol. The molecule has 0 aromatic heterocycles. The van der Waals surface area contributed by atoms with E-state index in [0.717, 1.165) is 42.4 Å². The van der Waals surface area contributed by atoms with Crippen molar-refractivity contribution < 1.29 is 41.8 Å². The van der Waals surface area contributed by atoms with E-state index in [0.29, 0.717) is 12.8 Å². The minimum absolute atomic E-state index is 0.0345. The van der Waals surface area contributed by atoms with Gasteiger partial charge in [0, 0.05) is 42.6 Å². The summed E-state index contributed by atoms with van der Waals surface area (Å²) in [7, 11) is 2.24. The minimum atomic E-state index is -5.18. The van der Waals surface area contributed by atoms with Gasteiger partial charge in [0.1, 0.15) is 5.76 Å². The summed E-state index contributed by atoms with van der Waals surface area (Å²) in [5.41, 5.74) is -3.21. The van der Waals surface area contributed by atoms with Crippen LogP contribution in [0.2, 0.25) is 0 Å². The van der Waals surface area contributed by atoms with Gasteiger partial charge in [-0.3, -0.25) is 9.59 Å². The Kier molecular flexibility index (Phi) is 6.73. The number of nitrogens with zero attached hydrogens (tertiary/aromatic N) is 1. The molecule has 2 bridgehead atoms. The molecule has 2 heterocycles. The second kappa shape index (κ2) is 9.84. The second-order valence-corrected chi connectivity index (χ2v) is 12.5. The Morgan fingerprint density at radius 1 is 1.24 bits per heavy atom. The molecule has 6 rings (SSSR count). The third-order valence-electron chi connectivity index (χ3n) is 10.4. The highest BCUT2D eigenvalue weighted by molar-refractivity contribution is 6.01. The average molecular weight is 586 g/mol. The molecule has 3 unspecified atom stereocenters. The van der Waals surface area contributed by atoms with Gasteiger partial charge in [0.25, 0.3) is 5.91 Å². The molecule has 7 nitrogen and oxygen atoms in total. The van der Waals surface area contributed by atoms with Gasteiger partial charge in [0.05, 0.1) is 32.3 Å². The molecule has 224 valence electrons. The number of carbonyl (C=O) groups is 2. The number of allylic oxidation sites excluding steroid dienone is 2. The molecule has 2 saturated carbocycles. The molecule has 10 heteroatoms. The van der Waals surface area contributed by atoms with Crippen LogP contribution in [0.15, 0.2) is 72.0 Å². The van der Waals surface area contributed by atoms with Crippen LogP contribution in [0.4, 0.5) is 13.2 Å². The number of quaternary nitrogens is 1. The zero-order chi connectivity index (χ0) is 30.1. The van der Waals surface area contributed by atoms with Crippen molar-refractivity contribution in [2.75, 3.05) is 20.1 Å². The van der Waals surface area contributed by atoms with Crippen LogP contribution >= 0.6 is 0 Å². The number of halogens is 3. The van der Waals surface area contributed by atoms with E-state index in [-0.39, 0.29) is 29.4 Å². The molecule has 0 radical (unpaired) electrons. The lowest BCUT2D eigenvalue weighted by molar-refractivity contribution is -0.942. The topological polar surface area (TPSA) is 84.9 Å². The number of aliphatic hydroxyl groups is 1. The molecule has 2 saturated heterocycles. The van der Waals surface area contributed by atoms with Crippen LogP contribution in [0, 0.1) is 17.3 Å². The predicted molar refractivity (Wildman–Crippen MR) is 148 cm³/mol. The molecule has 5 aliphatic rings. The summed E-state index contributed by atoms with van der Waals surface area (Å²) < 4.78 is 56.6. The number of rotatable bonds is 6. The molecule has 3 aliphatic carbocycles. The number of likely N-dealkylation sites (tertiary alicyclic amines) is 1. The molecule has 1 aromatic rings. The van der Waals surface area contributed by atoms with E-state index in [1.807, 2.05) is 12.2 Å². The summed E-state index contributed by atoms with van der Waals surface area (Å²) in [5.74, 6) is -3.77. The summed E-state index contributed by atoms with van der Waals surface area (Å²) in [5, 5.41) is 13.3. The number of carbonyl (C=O) groups excluding carboxylic acids is 2. The fourth-order valence-electron chi connectivity index (χ4n) is 8.92. The zero-order valence-corrected chi connectivity index (χ0v) is 23.7. The van der Waals surface area contributed by atoms with E-state index >= 15 is 0 Å². The molecule has 2 aliphatic heterocycles. The maximum atomic E-state index is 14.5. The van der Waals surface area contributed by atoms with Gasteiger partial charge in [-0.2, -0.15) is 13.2 Å². The van der Waals surface area contributed by atoms with Crippen LogP contribution in [0.1, 0.15) is 44.6 Å². The maximum Gasteiger partial charge on any atom is 0.425 e. The van der Waals surface area contributed by atoms with Crippen LogP contribution in [-0.4, -0.2) is 65.7 Å². The molecule has 42 heavy (non-hydrogen) atoms. The van der Waals surface area contributed by atoms with E-state index < -0.39 is 46.4 Å². The molecule has 7 atom stereocenters. The van der Waals surface area contributed by atoms with Crippen LogP contribution < -0.4 is 5.32 Å². The quantitative estimate of drug-likeness (QED) is 0.155. The molecule has 1 aromatic carbocycles. The first-order chi connectivity index (χ1) is 19.9. The third-order valence-corrected chi connectivity index (χ3v) is 10.4. The number of ether oxygens (including phenoxy) is 2. The van der Waals surface area contributed by atoms with Crippen LogP contribution in [-0.2, 0) is 19.1 Å². The van der Waals surface area contributed by atoms with Gasteiger partial charge in [-0.25, -0.2) is 0 Å². The normalized spacial score (nSPS) is 37.0. The van der Waals surface area contributed by atoms with E-state index in [4.69, 9.17) is 9.47 Å². The summed E-state index contributed by atoms with van der Waals surface area (Å²) in [6.07, 6.45) is 3.77. The van der Waals surface area contributed by atoms with Crippen molar-refractivity contribution in [2.24, 2.45) is 17.3 Å². The van der Waals surface area contributed by atoms with Crippen molar-refractivity contribution in [3.05, 3.63) is 77.6 Å². The Morgan fingerprint density at radius 3 is 2.64 bits per heavy atom. The average Bonchev–Trinajstić information content (AvgIpc) is 3.22. The summed E-state index contributed by atoms with van der Waals surface area (Å²) in [4.78, 5) is 26.0. The maximum absolute atomic E-state index is 14.5. The lowest BCUT2D eigenvalue weighted by Gasteiger charge is -2.63. The van der Waals surface area contributed by atoms with Crippen molar-refractivity contribution in [2.45, 2.75) is 63.1 Å². The van der Waals surface area contributed by atoms with Gasteiger partial charge in [-0.05, 0) is 25.0 Å². The van der Waals surface area contributed by atoms with E-state index in [1.165, 1.54) is 31.2 Å². The fourth-order valence-corrected chi connectivity index (χ4v) is 8.92. The monoisotopic (exact) mass is 585 g/mol. The Balaban J connectivity index is 1.50. The van der Waals surface area contributed by atoms with Gasteiger partial charge < -0.3 is 24.4 Å². The summed E-state index contributed by atoms with van der Waals surface area (Å²) >= 11 is 0. The summed E-state index contributed by atoms with van der Waals surface area (Å²) in [6.45, 7) is 6.82. The number of esters is 1. The molecule has 1 amide bonds. The number of benzene rings is 1. The highest BCUT2D eigenvalue weighted by Gasteiger charge is 2.76. The van der Waals surface area contributed by atoms with Crippen molar-refractivity contribution in [3.63, 3.8) is 0 Å². The molecule has 2 N–H and O–H groups in total. The SMILES string of the molecule is C=CC[N+]1(C)CC[C@]23C4C5=CC=C(OC(C)=O)C4(NC(=O)C(=C(O)c4ccccc4)C(F)(F)F)O[C@H]2CCC[C@H]3[C@H]1C5. The fraction of sp³-hybridized carbons (Fsp3) is 0.500. The number of hydrogen-bond acceptors (Lipinski definition) is 5. The number of hydrogen-bond donors (Lipinski definition) is 2. The minimum Gasteiger partial charge on any atom is -0.506 e. The number of alkyl halides is 3. The van der Waals surface area contributed by atoms with Gasteiger partial charge in [0.15, 0.2) is 11.3 Å². The molecular formula is C32H36F3N2O5+. The van der Waals surface area contributed by atoms with Crippen LogP contribution in [0.3, 0.4) is 0 Å². The largest absolute Gasteiger partial charge is 0.506 e. The lowest BCUT2D eigenvalue weighted by atomic mass is 9.46. The van der Waals surface area contributed by atoms with Gasteiger partial charge in [-0.15, -0.1) is 0 Å². The Bertz CT molecular complexity index is 1420. The number of likely N-dealkylation sites (N-methyl/N-ethyl adjacent to an activating group) is 1. The van der Waals surface area contributed by atoms with E-state index in [2.05, 4.69) is 18.9 Å². The zero-order valence-electron chi connectivity index (χ0n) is 23.7. The predicted octanol–water partition coefficient (Wildman–Crippen LogP) is 5.33. The van der Waals surface area contributed by atoms with E-state index in [1.54, 1.807) is 12.1 Å². The number of amides is 1. The van der Waals surface area contributed by atoms with Crippen LogP contribution in [0.25, 0.3) is 5.76 Å². The standard InChI is InChI=1S/C32H35F3N2O5/c1-4-16-37(3)17-15-30-22-11-8-12-24(30)42-31(25(41-19(2)38)14-13-21(28(30)31)18-23(22)37)36-29(40)26(32(33,34)35)27(39)20-9-6-5-7-10-20/h4-7,9-10,13-14,22-24,28H,1,8,11-12,15-18H2,2-3H3,(H-,36,39,40)/p+1/t22-,23+,24-,28?,30+,31?,37?/m0/s1. The number of piperidine rings is 1. The highest BCUT2D eigenvalue weighted by Crippen LogP contribution is 2.70. The third kappa shape index (κ3) is 4.09. The molecule has 4 fully saturated rings. The van der Waals surface area contributed by atoms with Gasteiger partial charge >= 0.3 is 12.1 Å². The second-order valence-electron chi connectivity index (χ2n) is 12.5. The smallest absolute Gasteiger partial charge is 0.425 e. The first kappa shape index (κ1) is 28.7. The van der Waals surface area contributed by atoms with Crippen molar-refractivity contribution in [3.8, 4) is 0 Å². The van der Waals surface area contributed by atoms with Gasteiger partial charge in [-0.1, -0.05) is 55.0 Å². The van der Waals surface area contributed by atoms with Crippen molar-refractivity contribution in [1.82, 2.24) is 5.32 Å². The lowest BCUT2D eigenvalue weighted by Crippen LogP contribution is -2.71.